The van der Waals surface area contributed by atoms with Gasteiger partial charge < -0.3 is 10.1 Å². The van der Waals surface area contributed by atoms with Crippen LogP contribution in [0.2, 0.25) is 0 Å². The summed E-state index contributed by atoms with van der Waals surface area (Å²) >= 11 is 1.67. The zero-order valence-electron chi connectivity index (χ0n) is 17.1. The summed E-state index contributed by atoms with van der Waals surface area (Å²) in [5.74, 6) is 2.71. The lowest BCUT2D eigenvalue weighted by molar-refractivity contribution is -0.116. The Bertz CT molecular complexity index is 921. The minimum absolute atomic E-state index is 0.190. The van der Waals surface area contributed by atoms with Gasteiger partial charge in [-0.2, -0.15) is 4.98 Å². The van der Waals surface area contributed by atoms with Crippen molar-refractivity contribution in [2.75, 3.05) is 17.7 Å². The maximum absolute atomic E-state index is 13.0. The van der Waals surface area contributed by atoms with Crippen molar-refractivity contribution >= 4 is 23.5 Å². The number of nitrogens with one attached hydrogen (secondary N) is 1. The molecule has 0 radical (unpaired) electrons. The predicted molar refractivity (Wildman–Crippen MR) is 116 cm³/mol. The number of hydrogen-bond acceptors (Lipinski definition) is 6. The fourth-order valence-electron chi connectivity index (χ4n) is 3.84. The summed E-state index contributed by atoms with van der Waals surface area (Å²) in [6, 6.07) is 7.70. The van der Waals surface area contributed by atoms with Gasteiger partial charge >= 0.3 is 0 Å². The Hall–Kier alpha value is -2.28. The second-order valence-electron chi connectivity index (χ2n) is 7.45. The van der Waals surface area contributed by atoms with Crippen molar-refractivity contribution in [3.05, 3.63) is 41.1 Å². The van der Waals surface area contributed by atoms with Crippen LogP contribution in [-0.2, 0) is 4.79 Å². The van der Waals surface area contributed by atoms with E-state index >= 15 is 0 Å². The molecule has 1 aliphatic carbocycles. The summed E-state index contributed by atoms with van der Waals surface area (Å²) in [4.78, 5) is 17.7. The summed E-state index contributed by atoms with van der Waals surface area (Å²) in [5, 5.41) is 8.94. The minimum atomic E-state index is -0.296. The molecule has 6 nitrogen and oxygen atoms in total. The molecule has 0 saturated carbocycles. The number of benzene rings is 1. The molecule has 4 rings (SSSR count). The SMILES string of the molecule is CCCCSc1nc2n(n1)C(c1ccccc1OCCC)C1=C(CCCC1=O)N2. The molecule has 1 atom stereocenters. The second kappa shape index (κ2) is 9.03. The van der Waals surface area contributed by atoms with Crippen LogP contribution in [0.25, 0.3) is 0 Å². The number of hydrogen-bond donors (Lipinski definition) is 1. The van der Waals surface area contributed by atoms with E-state index in [4.69, 9.17) is 14.8 Å². The van der Waals surface area contributed by atoms with Crippen LogP contribution in [0.15, 0.2) is 40.7 Å². The molecule has 2 aromatic rings. The molecular weight excluding hydrogens is 384 g/mol. The highest BCUT2D eigenvalue weighted by molar-refractivity contribution is 7.99. The molecule has 1 unspecified atom stereocenters. The Morgan fingerprint density at radius 1 is 1.24 bits per heavy atom. The van der Waals surface area contributed by atoms with Gasteiger partial charge in [0.1, 0.15) is 11.8 Å². The highest BCUT2D eigenvalue weighted by Crippen LogP contribution is 2.43. The van der Waals surface area contributed by atoms with Crippen LogP contribution in [0.4, 0.5) is 5.95 Å². The summed E-state index contributed by atoms with van der Waals surface area (Å²) in [6.45, 7) is 4.92. The molecule has 1 aliphatic heterocycles. The minimum Gasteiger partial charge on any atom is -0.493 e. The van der Waals surface area contributed by atoms with Crippen LogP contribution in [0, 0.1) is 0 Å². The Morgan fingerprint density at radius 3 is 2.93 bits per heavy atom. The summed E-state index contributed by atoms with van der Waals surface area (Å²) in [5.41, 5.74) is 2.77. The third kappa shape index (κ3) is 4.06. The molecule has 29 heavy (non-hydrogen) atoms. The summed E-state index contributed by atoms with van der Waals surface area (Å²) in [7, 11) is 0. The third-order valence-corrected chi connectivity index (χ3v) is 6.18. The molecule has 2 aliphatic rings. The number of ether oxygens (including phenoxy) is 1. The first-order valence-electron chi connectivity index (χ1n) is 10.6. The molecule has 0 spiro atoms. The van der Waals surface area contributed by atoms with E-state index in [9.17, 15) is 4.79 Å². The fourth-order valence-corrected chi connectivity index (χ4v) is 4.76. The maximum Gasteiger partial charge on any atom is 0.227 e. The number of anilines is 1. The Labute approximate surface area is 176 Å². The van der Waals surface area contributed by atoms with Crippen molar-refractivity contribution in [1.29, 1.82) is 0 Å². The molecule has 0 fully saturated rings. The van der Waals surface area contributed by atoms with Gasteiger partial charge in [0.2, 0.25) is 11.1 Å². The van der Waals surface area contributed by atoms with Crippen molar-refractivity contribution < 1.29 is 9.53 Å². The number of carbonyl (C=O) groups excluding carboxylic acids is 1. The van der Waals surface area contributed by atoms with E-state index in [0.717, 1.165) is 65.6 Å². The Balaban J connectivity index is 1.78. The van der Waals surface area contributed by atoms with Crippen molar-refractivity contribution in [3.63, 3.8) is 0 Å². The standard InChI is InChI=1S/C22H28N4O2S/c1-3-5-14-29-22-24-21-23-16-10-8-11-17(27)19(16)20(26(21)25-22)15-9-6-7-12-18(15)28-13-4-2/h6-7,9,12,20H,3-5,8,10-11,13-14H2,1-2H3,(H,23,24,25). The normalized spacial score (nSPS) is 18.3. The number of ketones is 1. The Morgan fingerprint density at radius 2 is 2.10 bits per heavy atom. The van der Waals surface area contributed by atoms with Gasteiger partial charge in [0.25, 0.3) is 0 Å². The number of nitrogens with zero attached hydrogens (tertiary/aromatic N) is 3. The van der Waals surface area contributed by atoms with Gasteiger partial charge in [0, 0.05) is 29.0 Å². The molecule has 154 valence electrons. The van der Waals surface area contributed by atoms with Crippen LogP contribution in [0.1, 0.15) is 64.0 Å². The molecule has 0 saturated heterocycles. The van der Waals surface area contributed by atoms with Crippen LogP contribution in [-0.4, -0.2) is 32.9 Å². The zero-order chi connectivity index (χ0) is 20.2. The molecule has 0 bridgehead atoms. The maximum atomic E-state index is 13.0. The van der Waals surface area contributed by atoms with Crippen LogP contribution >= 0.6 is 11.8 Å². The molecule has 7 heteroatoms. The topological polar surface area (TPSA) is 69.0 Å². The average Bonchev–Trinajstić information content (AvgIpc) is 3.14. The largest absolute Gasteiger partial charge is 0.493 e. The number of carbonyl (C=O) groups is 1. The van der Waals surface area contributed by atoms with Crippen molar-refractivity contribution in [1.82, 2.24) is 14.8 Å². The lowest BCUT2D eigenvalue weighted by Gasteiger charge is -2.32. The predicted octanol–water partition coefficient (Wildman–Crippen LogP) is 4.98. The fraction of sp³-hybridized carbons (Fsp3) is 0.500. The molecule has 0 amide bonds. The first-order chi connectivity index (χ1) is 14.2. The molecule has 1 aromatic heterocycles. The number of para-hydroxylation sites is 1. The number of thioether (sulfide) groups is 1. The number of allylic oxidation sites excluding steroid dienone is 2. The van der Waals surface area contributed by atoms with Gasteiger partial charge in [-0.3, -0.25) is 4.79 Å². The zero-order valence-corrected chi connectivity index (χ0v) is 17.9. The highest BCUT2D eigenvalue weighted by Gasteiger charge is 2.38. The van der Waals surface area contributed by atoms with Gasteiger partial charge in [-0.05, 0) is 31.7 Å². The molecule has 1 aromatic carbocycles. The number of aromatic nitrogens is 3. The summed E-state index contributed by atoms with van der Waals surface area (Å²) < 4.78 is 7.91. The molecule has 1 N–H and O–H groups in total. The quantitative estimate of drug-likeness (QED) is 0.487. The van der Waals surface area contributed by atoms with Gasteiger partial charge in [0.15, 0.2) is 5.78 Å². The van der Waals surface area contributed by atoms with E-state index in [0.29, 0.717) is 19.0 Å². The number of fused-ring (bicyclic) bond motifs is 1. The first kappa shape index (κ1) is 20.0. The van der Waals surface area contributed by atoms with E-state index in [1.165, 1.54) is 0 Å². The van der Waals surface area contributed by atoms with Crippen LogP contribution < -0.4 is 10.1 Å². The third-order valence-electron chi connectivity index (χ3n) is 5.25. The van der Waals surface area contributed by atoms with E-state index in [2.05, 4.69) is 19.2 Å². The average molecular weight is 413 g/mol. The van der Waals surface area contributed by atoms with Gasteiger partial charge in [-0.1, -0.05) is 50.2 Å². The van der Waals surface area contributed by atoms with E-state index < -0.39 is 0 Å². The Kier molecular flexibility index (Phi) is 6.23. The van der Waals surface area contributed by atoms with Crippen molar-refractivity contribution in [3.8, 4) is 5.75 Å². The lowest BCUT2D eigenvalue weighted by Crippen LogP contribution is -2.31. The number of Topliss-reactive ketones (excluding diaryl/α,β-unsaturated/α-hetero) is 1. The smallest absolute Gasteiger partial charge is 0.227 e. The van der Waals surface area contributed by atoms with Gasteiger partial charge in [0.05, 0.1) is 6.61 Å². The molecule has 2 heterocycles. The lowest BCUT2D eigenvalue weighted by atomic mass is 9.85. The van der Waals surface area contributed by atoms with Crippen molar-refractivity contribution in [2.45, 2.75) is 63.6 Å². The number of unbranched alkanes of at least 4 members (excludes halogenated alkanes) is 1. The van der Waals surface area contributed by atoms with E-state index in [1.807, 2.05) is 28.9 Å². The first-order valence-corrected chi connectivity index (χ1v) is 11.6. The molecular formula is C22H28N4O2S. The van der Waals surface area contributed by atoms with Gasteiger partial charge in [-0.15, -0.1) is 5.10 Å². The van der Waals surface area contributed by atoms with Crippen molar-refractivity contribution in [2.24, 2.45) is 0 Å². The second-order valence-corrected chi connectivity index (χ2v) is 8.51. The van der Waals surface area contributed by atoms with Crippen LogP contribution in [0.3, 0.4) is 0 Å². The van der Waals surface area contributed by atoms with E-state index in [-0.39, 0.29) is 11.8 Å². The van der Waals surface area contributed by atoms with Gasteiger partial charge in [-0.25, -0.2) is 4.68 Å². The monoisotopic (exact) mass is 412 g/mol. The highest BCUT2D eigenvalue weighted by atomic mass is 32.2. The summed E-state index contributed by atoms with van der Waals surface area (Å²) in [6.07, 6.45) is 5.52. The van der Waals surface area contributed by atoms with Crippen LogP contribution in [0.5, 0.6) is 5.75 Å². The number of rotatable bonds is 8. The van der Waals surface area contributed by atoms with E-state index in [1.54, 1.807) is 11.8 Å².